The first kappa shape index (κ1) is 14.5. The van der Waals surface area contributed by atoms with E-state index in [0.29, 0.717) is 12.6 Å². The van der Waals surface area contributed by atoms with Gasteiger partial charge in [0.2, 0.25) is 0 Å². The summed E-state index contributed by atoms with van der Waals surface area (Å²) in [6.07, 6.45) is 0. The van der Waals surface area contributed by atoms with Crippen LogP contribution in [0.1, 0.15) is 37.9 Å². The molecule has 106 valence electrons. The lowest BCUT2D eigenvalue weighted by molar-refractivity contribution is 0.0179. The molecule has 1 fully saturated rings. The van der Waals surface area contributed by atoms with Crippen molar-refractivity contribution in [3.05, 3.63) is 35.4 Å². The molecule has 3 heteroatoms. The Morgan fingerprint density at radius 2 is 1.74 bits per heavy atom. The summed E-state index contributed by atoms with van der Waals surface area (Å²) in [6, 6.07) is 9.25. The van der Waals surface area contributed by atoms with Gasteiger partial charge in [-0.25, -0.2) is 0 Å². The number of benzene rings is 1. The van der Waals surface area contributed by atoms with Crippen LogP contribution in [-0.4, -0.2) is 37.7 Å². The first-order valence-corrected chi connectivity index (χ1v) is 7.14. The standard InChI is InChI=1S/C16H26N2O/c1-16(2,3)14-6-4-13(5-7-14)15(12-17)18-8-10-19-11-9-18/h4-7,15H,8-12,17H2,1-3H3. The molecule has 0 radical (unpaired) electrons. The van der Waals surface area contributed by atoms with Crippen LogP contribution in [0.5, 0.6) is 0 Å². The Kier molecular flexibility index (Phi) is 4.61. The van der Waals surface area contributed by atoms with Gasteiger partial charge in [0, 0.05) is 25.7 Å². The molecule has 19 heavy (non-hydrogen) atoms. The molecule has 1 saturated heterocycles. The van der Waals surface area contributed by atoms with Gasteiger partial charge in [0.25, 0.3) is 0 Å². The molecule has 1 aliphatic heterocycles. The Bertz CT molecular complexity index is 388. The molecule has 1 heterocycles. The molecule has 0 aromatic heterocycles. The van der Waals surface area contributed by atoms with Gasteiger partial charge in [-0.05, 0) is 16.5 Å². The van der Waals surface area contributed by atoms with E-state index in [9.17, 15) is 0 Å². The average molecular weight is 262 g/mol. The number of ether oxygens (including phenoxy) is 1. The second-order valence-corrected chi connectivity index (χ2v) is 6.27. The van der Waals surface area contributed by atoms with Crippen molar-refractivity contribution < 1.29 is 4.74 Å². The van der Waals surface area contributed by atoms with E-state index in [4.69, 9.17) is 10.5 Å². The number of nitrogens with two attached hydrogens (primary N) is 1. The third-order valence-corrected chi connectivity index (χ3v) is 3.87. The largest absolute Gasteiger partial charge is 0.379 e. The number of hydrogen-bond donors (Lipinski definition) is 1. The van der Waals surface area contributed by atoms with Crippen LogP contribution in [-0.2, 0) is 10.2 Å². The smallest absolute Gasteiger partial charge is 0.0594 e. The fourth-order valence-corrected chi connectivity index (χ4v) is 2.59. The minimum Gasteiger partial charge on any atom is -0.379 e. The molecular weight excluding hydrogens is 236 g/mol. The fourth-order valence-electron chi connectivity index (χ4n) is 2.59. The number of morpholine rings is 1. The van der Waals surface area contributed by atoms with E-state index in [1.807, 2.05) is 0 Å². The van der Waals surface area contributed by atoms with Gasteiger partial charge in [-0.3, -0.25) is 4.90 Å². The van der Waals surface area contributed by atoms with Crippen molar-refractivity contribution in [1.82, 2.24) is 4.90 Å². The monoisotopic (exact) mass is 262 g/mol. The normalized spacial score (nSPS) is 19.4. The van der Waals surface area contributed by atoms with E-state index in [-0.39, 0.29) is 5.41 Å². The summed E-state index contributed by atoms with van der Waals surface area (Å²) in [5.74, 6) is 0. The van der Waals surface area contributed by atoms with Crippen molar-refractivity contribution in [3.8, 4) is 0 Å². The fraction of sp³-hybridized carbons (Fsp3) is 0.625. The number of hydrogen-bond acceptors (Lipinski definition) is 3. The van der Waals surface area contributed by atoms with Gasteiger partial charge in [0.05, 0.1) is 13.2 Å². The van der Waals surface area contributed by atoms with E-state index in [1.54, 1.807) is 0 Å². The maximum Gasteiger partial charge on any atom is 0.0594 e. The maximum atomic E-state index is 5.98. The summed E-state index contributed by atoms with van der Waals surface area (Å²) in [5, 5.41) is 0. The van der Waals surface area contributed by atoms with Crippen molar-refractivity contribution in [2.24, 2.45) is 5.73 Å². The van der Waals surface area contributed by atoms with Crippen molar-refractivity contribution in [2.45, 2.75) is 32.2 Å². The molecular formula is C16H26N2O. The predicted molar refractivity (Wildman–Crippen MR) is 79.3 cm³/mol. The highest BCUT2D eigenvalue weighted by Crippen LogP contribution is 2.26. The summed E-state index contributed by atoms with van der Waals surface area (Å²) in [6.45, 7) is 11.0. The maximum absolute atomic E-state index is 5.98. The molecule has 0 spiro atoms. The van der Waals surface area contributed by atoms with Gasteiger partial charge >= 0.3 is 0 Å². The van der Waals surface area contributed by atoms with Crippen molar-refractivity contribution >= 4 is 0 Å². The Balaban J connectivity index is 2.14. The third-order valence-electron chi connectivity index (χ3n) is 3.87. The summed E-state index contributed by atoms with van der Waals surface area (Å²) < 4.78 is 5.41. The lowest BCUT2D eigenvalue weighted by Crippen LogP contribution is -2.41. The molecule has 0 aliphatic carbocycles. The molecule has 3 nitrogen and oxygen atoms in total. The summed E-state index contributed by atoms with van der Waals surface area (Å²) in [7, 11) is 0. The molecule has 1 aromatic rings. The van der Waals surface area contributed by atoms with E-state index in [1.165, 1.54) is 11.1 Å². The Morgan fingerprint density at radius 3 is 2.21 bits per heavy atom. The molecule has 1 aromatic carbocycles. The van der Waals surface area contributed by atoms with Gasteiger partial charge in [-0.1, -0.05) is 45.0 Å². The minimum atomic E-state index is 0.204. The van der Waals surface area contributed by atoms with Crippen molar-refractivity contribution in [1.29, 1.82) is 0 Å². The van der Waals surface area contributed by atoms with Crippen molar-refractivity contribution in [3.63, 3.8) is 0 Å². The predicted octanol–water partition coefficient (Wildman–Crippen LogP) is 2.32. The number of nitrogens with zero attached hydrogens (tertiary/aromatic N) is 1. The van der Waals surface area contributed by atoms with Gasteiger partial charge in [0.15, 0.2) is 0 Å². The zero-order valence-corrected chi connectivity index (χ0v) is 12.4. The minimum absolute atomic E-state index is 0.204. The third kappa shape index (κ3) is 3.56. The van der Waals surface area contributed by atoms with Gasteiger partial charge in [-0.15, -0.1) is 0 Å². The van der Waals surface area contributed by atoms with E-state index >= 15 is 0 Å². The van der Waals surface area contributed by atoms with Crippen LogP contribution in [0.3, 0.4) is 0 Å². The molecule has 0 saturated carbocycles. The zero-order chi connectivity index (χ0) is 13.9. The van der Waals surface area contributed by atoms with E-state index in [0.717, 1.165) is 26.3 Å². The summed E-state index contributed by atoms with van der Waals surface area (Å²) >= 11 is 0. The second kappa shape index (κ2) is 6.04. The summed E-state index contributed by atoms with van der Waals surface area (Å²) in [4.78, 5) is 2.43. The average Bonchev–Trinajstić information content (AvgIpc) is 2.40. The Morgan fingerprint density at radius 1 is 1.16 bits per heavy atom. The van der Waals surface area contributed by atoms with Crippen molar-refractivity contribution in [2.75, 3.05) is 32.8 Å². The van der Waals surface area contributed by atoms with Crippen LogP contribution in [0.15, 0.2) is 24.3 Å². The first-order chi connectivity index (χ1) is 9.02. The van der Waals surface area contributed by atoms with E-state index in [2.05, 4.69) is 49.9 Å². The lowest BCUT2D eigenvalue weighted by Gasteiger charge is -2.34. The molecule has 2 rings (SSSR count). The Hall–Kier alpha value is -0.900. The lowest BCUT2D eigenvalue weighted by atomic mass is 9.86. The van der Waals surface area contributed by atoms with Crippen LogP contribution in [0.25, 0.3) is 0 Å². The summed E-state index contributed by atoms with van der Waals surface area (Å²) in [5.41, 5.74) is 8.87. The molecule has 0 bridgehead atoms. The highest BCUT2D eigenvalue weighted by Gasteiger charge is 2.22. The Labute approximate surface area is 116 Å². The molecule has 2 N–H and O–H groups in total. The van der Waals surface area contributed by atoms with Crippen LogP contribution in [0.4, 0.5) is 0 Å². The number of rotatable bonds is 3. The van der Waals surface area contributed by atoms with Crippen LogP contribution >= 0.6 is 0 Å². The highest BCUT2D eigenvalue weighted by atomic mass is 16.5. The topological polar surface area (TPSA) is 38.5 Å². The SMILES string of the molecule is CC(C)(C)c1ccc(C(CN)N2CCOCC2)cc1. The van der Waals surface area contributed by atoms with E-state index < -0.39 is 0 Å². The highest BCUT2D eigenvalue weighted by molar-refractivity contribution is 5.29. The van der Waals surface area contributed by atoms with Crippen LogP contribution in [0.2, 0.25) is 0 Å². The zero-order valence-electron chi connectivity index (χ0n) is 12.4. The van der Waals surface area contributed by atoms with Crippen LogP contribution in [0, 0.1) is 0 Å². The molecule has 0 amide bonds. The van der Waals surface area contributed by atoms with Crippen LogP contribution < -0.4 is 5.73 Å². The molecule has 1 atom stereocenters. The molecule has 1 unspecified atom stereocenters. The molecule has 1 aliphatic rings. The second-order valence-electron chi connectivity index (χ2n) is 6.27. The van der Waals surface area contributed by atoms with Gasteiger partial charge in [-0.2, -0.15) is 0 Å². The van der Waals surface area contributed by atoms with Gasteiger partial charge < -0.3 is 10.5 Å². The van der Waals surface area contributed by atoms with Gasteiger partial charge in [0.1, 0.15) is 0 Å². The quantitative estimate of drug-likeness (QED) is 0.908. The first-order valence-electron chi connectivity index (χ1n) is 7.14.